The van der Waals surface area contributed by atoms with E-state index < -0.39 is 0 Å². The first-order valence-electron chi connectivity index (χ1n) is 7.01. The molecule has 0 aliphatic carbocycles. The predicted octanol–water partition coefficient (Wildman–Crippen LogP) is 1.66. The maximum Gasteiger partial charge on any atom is 0.122 e. The lowest BCUT2D eigenvalue weighted by atomic mass is 9.88. The van der Waals surface area contributed by atoms with Gasteiger partial charge in [0.15, 0.2) is 0 Å². The third-order valence-electron chi connectivity index (χ3n) is 3.89. The summed E-state index contributed by atoms with van der Waals surface area (Å²) in [5.74, 6) is 7.06. The minimum Gasteiger partial charge on any atom is -0.493 e. The van der Waals surface area contributed by atoms with Crippen molar-refractivity contribution < 1.29 is 4.74 Å². The van der Waals surface area contributed by atoms with Crippen LogP contribution in [0.1, 0.15) is 24.1 Å². The molecular formula is C15H20N4O. The molecule has 1 aliphatic rings. The van der Waals surface area contributed by atoms with Crippen molar-refractivity contribution in [1.29, 1.82) is 0 Å². The van der Waals surface area contributed by atoms with E-state index in [1.165, 1.54) is 5.56 Å². The largest absolute Gasteiger partial charge is 0.493 e. The average molecular weight is 272 g/mol. The van der Waals surface area contributed by atoms with Crippen molar-refractivity contribution in [1.82, 2.24) is 15.2 Å². The summed E-state index contributed by atoms with van der Waals surface area (Å²) in [7, 11) is 0. The van der Waals surface area contributed by atoms with Crippen LogP contribution in [0.3, 0.4) is 0 Å². The van der Waals surface area contributed by atoms with Gasteiger partial charge in [-0.1, -0.05) is 18.2 Å². The fourth-order valence-electron chi connectivity index (χ4n) is 2.78. The van der Waals surface area contributed by atoms with E-state index >= 15 is 0 Å². The number of nitrogens with one attached hydrogen (secondary N) is 1. The molecule has 1 aromatic heterocycles. The highest BCUT2D eigenvalue weighted by molar-refractivity contribution is 5.35. The molecule has 1 aromatic carbocycles. The molecule has 0 bridgehead atoms. The number of nitrogens with two attached hydrogens (primary N) is 1. The van der Waals surface area contributed by atoms with Crippen molar-refractivity contribution in [3.05, 3.63) is 47.8 Å². The summed E-state index contributed by atoms with van der Waals surface area (Å²) in [5, 5.41) is 4.32. The van der Waals surface area contributed by atoms with Crippen LogP contribution < -0.4 is 16.0 Å². The van der Waals surface area contributed by atoms with Gasteiger partial charge in [-0.2, -0.15) is 5.10 Å². The number of ether oxygens (including phenoxy) is 1. The SMILES string of the molecule is CCn1cc(C(NN)C2COc3ccccc3C2)cn1. The summed E-state index contributed by atoms with van der Waals surface area (Å²) in [6.45, 7) is 3.60. The van der Waals surface area contributed by atoms with Crippen LogP contribution in [-0.2, 0) is 13.0 Å². The van der Waals surface area contributed by atoms with E-state index in [0.29, 0.717) is 12.5 Å². The van der Waals surface area contributed by atoms with E-state index in [2.05, 4.69) is 23.5 Å². The van der Waals surface area contributed by atoms with Crippen LogP contribution in [-0.4, -0.2) is 16.4 Å². The Morgan fingerprint density at radius 1 is 1.50 bits per heavy atom. The van der Waals surface area contributed by atoms with Crippen molar-refractivity contribution in [2.75, 3.05) is 6.61 Å². The second-order valence-corrected chi connectivity index (χ2v) is 5.16. The van der Waals surface area contributed by atoms with E-state index in [-0.39, 0.29) is 6.04 Å². The van der Waals surface area contributed by atoms with E-state index in [9.17, 15) is 0 Å². The second kappa shape index (κ2) is 5.64. The number of aromatic nitrogens is 2. The van der Waals surface area contributed by atoms with Gasteiger partial charge in [-0.15, -0.1) is 0 Å². The number of aryl methyl sites for hydroxylation is 1. The zero-order chi connectivity index (χ0) is 13.9. The standard InChI is InChI=1S/C15H20N4O/c1-2-19-9-13(8-17-19)15(18-16)12-7-11-5-3-4-6-14(11)20-10-12/h3-6,8-9,12,15,18H,2,7,10,16H2,1H3. The van der Waals surface area contributed by atoms with Gasteiger partial charge in [-0.05, 0) is 25.0 Å². The van der Waals surface area contributed by atoms with Gasteiger partial charge >= 0.3 is 0 Å². The molecule has 0 spiro atoms. The fraction of sp³-hybridized carbons (Fsp3) is 0.400. The third kappa shape index (κ3) is 2.42. The zero-order valence-corrected chi connectivity index (χ0v) is 11.6. The minimum atomic E-state index is 0.0589. The monoisotopic (exact) mass is 272 g/mol. The average Bonchev–Trinajstić information content (AvgIpc) is 2.97. The van der Waals surface area contributed by atoms with Crippen LogP contribution in [0.15, 0.2) is 36.7 Å². The summed E-state index contributed by atoms with van der Waals surface area (Å²) in [6.07, 6.45) is 4.89. The number of fused-ring (bicyclic) bond motifs is 1. The minimum absolute atomic E-state index is 0.0589. The molecule has 20 heavy (non-hydrogen) atoms. The van der Waals surface area contributed by atoms with Crippen LogP contribution in [0.5, 0.6) is 5.75 Å². The van der Waals surface area contributed by atoms with Crippen LogP contribution >= 0.6 is 0 Å². The molecule has 2 atom stereocenters. The zero-order valence-electron chi connectivity index (χ0n) is 11.6. The maximum atomic E-state index is 5.85. The number of hydrazine groups is 1. The Hall–Kier alpha value is -1.85. The van der Waals surface area contributed by atoms with Gasteiger partial charge < -0.3 is 4.74 Å². The van der Waals surface area contributed by atoms with Crippen LogP contribution in [0.2, 0.25) is 0 Å². The molecule has 5 heteroatoms. The molecule has 0 amide bonds. The molecule has 0 saturated carbocycles. The van der Waals surface area contributed by atoms with Crippen molar-refractivity contribution in [2.45, 2.75) is 25.9 Å². The fourth-order valence-corrected chi connectivity index (χ4v) is 2.78. The first kappa shape index (κ1) is 13.1. The maximum absolute atomic E-state index is 5.85. The van der Waals surface area contributed by atoms with Crippen molar-refractivity contribution in [3.8, 4) is 5.75 Å². The lowest BCUT2D eigenvalue weighted by molar-refractivity contribution is 0.185. The van der Waals surface area contributed by atoms with Crippen LogP contribution in [0, 0.1) is 5.92 Å². The molecule has 0 fully saturated rings. The number of para-hydroxylation sites is 1. The van der Waals surface area contributed by atoms with Crippen LogP contribution in [0.25, 0.3) is 0 Å². The van der Waals surface area contributed by atoms with Gasteiger partial charge in [0.05, 0.1) is 18.8 Å². The molecule has 1 aliphatic heterocycles. The highest BCUT2D eigenvalue weighted by Crippen LogP contribution is 2.33. The molecule has 5 nitrogen and oxygen atoms in total. The molecule has 2 unspecified atom stereocenters. The number of hydrogen-bond acceptors (Lipinski definition) is 4. The van der Waals surface area contributed by atoms with Gasteiger partial charge in [0.25, 0.3) is 0 Å². The second-order valence-electron chi connectivity index (χ2n) is 5.16. The molecule has 3 rings (SSSR count). The van der Waals surface area contributed by atoms with E-state index in [1.54, 1.807) is 0 Å². The lowest BCUT2D eigenvalue weighted by Gasteiger charge is -2.30. The summed E-state index contributed by atoms with van der Waals surface area (Å²) in [5.41, 5.74) is 5.28. The van der Waals surface area contributed by atoms with Crippen LogP contribution in [0.4, 0.5) is 0 Å². The van der Waals surface area contributed by atoms with E-state index in [4.69, 9.17) is 10.6 Å². The van der Waals surface area contributed by atoms with Gasteiger partial charge in [0.2, 0.25) is 0 Å². The number of nitrogens with zero attached hydrogens (tertiary/aromatic N) is 2. The summed E-state index contributed by atoms with van der Waals surface area (Å²) < 4.78 is 7.76. The Balaban J connectivity index is 1.81. The molecule has 2 aromatic rings. The topological polar surface area (TPSA) is 65.1 Å². The van der Waals surface area contributed by atoms with Gasteiger partial charge in [-0.3, -0.25) is 16.0 Å². The first-order valence-corrected chi connectivity index (χ1v) is 7.01. The van der Waals surface area contributed by atoms with Crippen molar-refractivity contribution in [2.24, 2.45) is 11.8 Å². The summed E-state index contributed by atoms with van der Waals surface area (Å²) in [4.78, 5) is 0. The van der Waals surface area contributed by atoms with E-state index in [1.807, 2.05) is 35.3 Å². The Labute approximate surface area is 118 Å². The Bertz CT molecular complexity index is 581. The Morgan fingerprint density at radius 2 is 2.35 bits per heavy atom. The number of hydrogen-bond donors (Lipinski definition) is 2. The smallest absolute Gasteiger partial charge is 0.122 e. The molecule has 0 saturated heterocycles. The first-order chi connectivity index (χ1) is 9.81. The lowest BCUT2D eigenvalue weighted by Crippen LogP contribution is -2.38. The highest BCUT2D eigenvalue weighted by atomic mass is 16.5. The molecule has 2 heterocycles. The van der Waals surface area contributed by atoms with Gasteiger partial charge in [-0.25, -0.2) is 0 Å². The normalized spacial score (nSPS) is 19.2. The van der Waals surface area contributed by atoms with Crippen molar-refractivity contribution in [3.63, 3.8) is 0 Å². The highest BCUT2D eigenvalue weighted by Gasteiger charge is 2.28. The Kier molecular flexibility index (Phi) is 3.71. The van der Waals surface area contributed by atoms with Crippen molar-refractivity contribution >= 4 is 0 Å². The quantitative estimate of drug-likeness (QED) is 0.656. The number of benzene rings is 1. The van der Waals surface area contributed by atoms with Gasteiger partial charge in [0, 0.05) is 24.2 Å². The number of rotatable bonds is 4. The molecule has 3 N–H and O–H groups in total. The van der Waals surface area contributed by atoms with Gasteiger partial charge in [0.1, 0.15) is 5.75 Å². The molecule has 106 valence electrons. The predicted molar refractivity (Wildman–Crippen MR) is 77.1 cm³/mol. The Morgan fingerprint density at radius 3 is 3.10 bits per heavy atom. The van der Waals surface area contributed by atoms with E-state index in [0.717, 1.165) is 24.3 Å². The summed E-state index contributed by atoms with van der Waals surface area (Å²) in [6, 6.07) is 8.24. The summed E-state index contributed by atoms with van der Waals surface area (Å²) >= 11 is 0. The third-order valence-corrected chi connectivity index (χ3v) is 3.89. The molecular weight excluding hydrogens is 252 g/mol. The molecule has 0 radical (unpaired) electrons.